The van der Waals surface area contributed by atoms with Crippen molar-refractivity contribution < 1.29 is 0 Å². The third kappa shape index (κ3) is 1.07. The molecule has 0 aromatic rings. The maximum atomic E-state index is 6.14. The van der Waals surface area contributed by atoms with Crippen LogP contribution >= 0.6 is 0 Å². The van der Waals surface area contributed by atoms with E-state index in [2.05, 4.69) is 6.92 Å². The number of hydrogen-bond donors (Lipinski definition) is 1. The van der Waals surface area contributed by atoms with E-state index >= 15 is 0 Å². The Morgan fingerprint density at radius 1 is 1.50 bits per heavy atom. The average Bonchev–Trinajstić information content (AvgIpc) is 2.73. The molecule has 0 bridgehead atoms. The summed E-state index contributed by atoms with van der Waals surface area (Å²) in [6.45, 7) is 2.26. The molecule has 0 aromatic carbocycles. The third-order valence-corrected chi connectivity index (χ3v) is 3.14. The van der Waals surface area contributed by atoms with E-state index in [1.807, 2.05) is 0 Å². The Bertz CT molecular complexity index is 140. The van der Waals surface area contributed by atoms with Crippen molar-refractivity contribution in [3.63, 3.8) is 0 Å². The van der Waals surface area contributed by atoms with Crippen molar-refractivity contribution in [3.8, 4) is 0 Å². The van der Waals surface area contributed by atoms with Crippen molar-refractivity contribution in [2.75, 3.05) is 0 Å². The van der Waals surface area contributed by atoms with Crippen molar-refractivity contribution in [1.29, 1.82) is 0 Å². The molecule has 0 heterocycles. The summed E-state index contributed by atoms with van der Waals surface area (Å²) in [5.74, 6) is 1.88. The minimum atomic E-state index is 0.302. The van der Waals surface area contributed by atoms with Crippen molar-refractivity contribution in [1.82, 2.24) is 0 Å². The van der Waals surface area contributed by atoms with Crippen LogP contribution in [0.5, 0.6) is 0 Å². The van der Waals surface area contributed by atoms with E-state index < -0.39 is 0 Å². The van der Waals surface area contributed by atoms with Gasteiger partial charge in [-0.25, -0.2) is 0 Å². The first kappa shape index (κ1) is 6.66. The molecule has 58 valence electrons. The van der Waals surface area contributed by atoms with Crippen molar-refractivity contribution in [3.05, 3.63) is 0 Å². The van der Waals surface area contributed by atoms with Crippen LogP contribution in [0, 0.1) is 11.8 Å². The molecular formula is C9H17N. The second-order valence-electron chi connectivity index (χ2n) is 4.19. The summed E-state index contributed by atoms with van der Waals surface area (Å²) >= 11 is 0. The van der Waals surface area contributed by atoms with Gasteiger partial charge in [-0.1, -0.05) is 26.2 Å². The van der Waals surface area contributed by atoms with Crippen LogP contribution in [0.25, 0.3) is 0 Å². The topological polar surface area (TPSA) is 26.0 Å². The van der Waals surface area contributed by atoms with Gasteiger partial charge in [-0.05, 0) is 24.7 Å². The first-order valence-electron chi connectivity index (χ1n) is 4.53. The molecule has 2 aliphatic rings. The zero-order chi connectivity index (χ0) is 7.19. The zero-order valence-electron chi connectivity index (χ0n) is 6.77. The normalized spacial score (nSPS) is 45.6. The summed E-state index contributed by atoms with van der Waals surface area (Å²) in [5.41, 5.74) is 6.44. The summed E-state index contributed by atoms with van der Waals surface area (Å²) in [6.07, 6.45) is 6.83. The van der Waals surface area contributed by atoms with Gasteiger partial charge in [0.05, 0.1) is 0 Å². The smallest absolute Gasteiger partial charge is 0.0189 e. The lowest BCUT2D eigenvalue weighted by atomic mass is 10.1. The van der Waals surface area contributed by atoms with Crippen LogP contribution in [-0.2, 0) is 0 Å². The van der Waals surface area contributed by atoms with Gasteiger partial charge in [0.2, 0.25) is 0 Å². The van der Waals surface area contributed by atoms with Gasteiger partial charge in [0.25, 0.3) is 0 Å². The molecule has 2 aliphatic carbocycles. The first-order valence-corrected chi connectivity index (χ1v) is 4.53. The lowest BCUT2D eigenvalue weighted by Gasteiger charge is -2.08. The fraction of sp³-hybridized carbons (Fsp3) is 1.00. The molecule has 1 nitrogen and oxygen atoms in total. The Morgan fingerprint density at radius 2 is 2.20 bits per heavy atom. The maximum absolute atomic E-state index is 6.14. The lowest BCUT2D eigenvalue weighted by molar-refractivity contribution is 0.506. The van der Waals surface area contributed by atoms with E-state index in [1.54, 1.807) is 0 Å². The maximum Gasteiger partial charge on any atom is 0.0189 e. The third-order valence-electron chi connectivity index (χ3n) is 3.14. The largest absolute Gasteiger partial charge is 0.325 e. The highest BCUT2D eigenvalue weighted by atomic mass is 14.9. The Morgan fingerprint density at radius 3 is 2.60 bits per heavy atom. The van der Waals surface area contributed by atoms with E-state index in [-0.39, 0.29) is 0 Å². The SMILES string of the molecule is CCC1CC1(N)CC1CC1. The summed E-state index contributed by atoms with van der Waals surface area (Å²) in [4.78, 5) is 0. The molecule has 0 radical (unpaired) electrons. The van der Waals surface area contributed by atoms with E-state index in [9.17, 15) is 0 Å². The Balaban J connectivity index is 1.81. The van der Waals surface area contributed by atoms with Crippen LogP contribution in [0.2, 0.25) is 0 Å². The number of nitrogens with two attached hydrogens (primary N) is 1. The highest BCUT2D eigenvalue weighted by Crippen LogP contribution is 2.51. The highest BCUT2D eigenvalue weighted by molar-refractivity contribution is 5.09. The molecule has 2 N–H and O–H groups in total. The molecule has 1 heteroatoms. The zero-order valence-corrected chi connectivity index (χ0v) is 6.77. The van der Waals surface area contributed by atoms with Crippen molar-refractivity contribution in [2.24, 2.45) is 17.6 Å². The summed E-state index contributed by atoms with van der Waals surface area (Å²) < 4.78 is 0. The van der Waals surface area contributed by atoms with Gasteiger partial charge in [0.1, 0.15) is 0 Å². The van der Waals surface area contributed by atoms with Gasteiger partial charge < -0.3 is 5.73 Å². The first-order chi connectivity index (χ1) is 4.74. The molecule has 0 aromatic heterocycles. The monoisotopic (exact) mass is 139 g/mol. The second kappa shape index (κ2) is 1.97. The van der Waals surface area contributed by atoms with Gasteiger partial charge in [-0.3, -0.25) is 0 Å². The molecule has 10 heavy (non-hydrogen) atoms. The molecule has 0 amide bonds. The molecule has 2 unspecified atom stereocenters. The standard InChI is InChI=1S/C9H17N/c1-2-8-6-9(8,10)5-7-3-4-7/h7-8H,2-6,10H2,1H3. The van der Waals surface area contributed by atoms with Crippen LogP contribution < -0.4 is 5.73 Å². The van der Waals surface area contributed by atoms with Crippen LogP contribution in [0.1, 0.15) is 39.0 Å². The van der Waals surface area contributed by atoms with Crippen LogP contribution in [0.4, 0.5) is 0 Å². The molecular weight excluding hydrogens is 122 g/mol. The average molecular weight is 139 g/mol. The Hall–Kier alpha value is -0.0400. The molecule has 2 atom stereocenters. The minimum Gasteiger partial charge on any atom is -0.325 e. The summed E-state index contributed by atoms with van der Waals surface area (Å²) in [7, 11) is 0. The fourth-order valence-electron chi connectivity index (χ4n) is 2.06. The van der Waals surface area contributed by atoms with E-state index in [0.717, 1.165) is 11.8 Å². The molecule has 2 fully saturated rings. The van der Waals surface area contributed by atoms with Crippen molar-refractivity contribution >= 4 is 0 Å². The van der Waals surface area contributed by atoms with Gasteiger partial charge in [-0.2, -0.15) is 0 Å². The number of rotatable bonds is 3. The van der Waals surface area contributed by atoms with Crippen LogP contribution in [0.15, 0.2) is 0 Å². The Kier molecular flexibility index (Phi) is 1.31. The van der Waals surface area contributed by atoms with E-state index in [1.165, 1.54) is 32.1 Å². The molecule has 2 saturated carbocycles. The van der Waals surface area contributed by atoms with E-state index in [0.29, 0.717) is 5.54 Å². The number of hydrogen-bond acceptors (Lipinski definition) is 1. The van der Waals surface area contributed by atoms with Crippen LogP contribution in [-0.4, -0.2) is 5.54 Å². The predicted octanol–water partition coefficient (Wildman–Crippen LogP) is 1.91. The second-order valence-corrected chi connectivity index (χ2v) is 4.19. The summed E-state index contributed by atoms with van der Waals surface area (Å²) in [5, 5.41) is 0. The predicted molar refractivity (Wildman–Crippen MR) is 42.7 cm³/mol. The van der Waals surface area contributed by atoms with E-state index in [4.69, 9.17) is 5.73 Å². The highest BCUT2D eigenvalue weighted by Gasteiger charge is 2.51. The summed E-state index contributed by atoms with van der Waals surface area (Å²) in [6, 6.07) is 0. The van der Waals surface area contributed by atoms with Crippen LogP contribution in [0.3, 0.4) is 0 Å². The minimum absolute atomic E-state index is 0.302. The quantitative estimate of drug-likeness (QED) is 0.635. The fourth-order valence-corrected chi connectivity index (χ4v) is 2.06. The molecule has 0 spiro atoms. The Labute approximate surface area is 63.0 Å². The van der Waals surface area contributed by atoms with Gasteiger partial charge in [-0.15, -0.1) is 0 Å². The molecule has 2 rings (SSSR count). The van der Waals surface area contributed by atoms with Gasteiger partial charge in [0.15, 0.2) is 0 Å². The van der Waals surface area contributed by atoms with Gasteiger partial charge >= 0.3 is 0 Å². The molecule has 0 aliphatic heterocycles. The lowest BCUT2D eigenvalue weighted by Crippen LogP contribution is -2.25. The molecule has 0 saturated heterocycles. The van der Waals surface area contributed by atoms with Gasteiger partial charge in [0, 0.05) is 5.54 Å². The van der Waals surface area contributed by atoms with Crippen molar-refractivity contribution in [2.45, 2.75) is 44.6 Å².